The number of rotatable bonds is 6. The number of carbonyl (C=O) groups is 4. The molecule has 1 saturated heterocycles. The SMILES string of the molecule is COc1ccc(C(=O)CN(C(=O)c2ccc(Cl)cc2)N2C(=O)CCCC2=O)cc1. The van der Waals surface area contributed by atoms with Gasteiger partial charge in [-0.25, -0.2) is 5.01 Å². The van der Waals surface area contributed by atoms with Crippen LogP contribution in [0.25, 0.3) is 0 Å². The molecule has 1 aliphatic rings. The van der Waals surface area contributed by atoms with E-state index in [1.165, 1.54) is 31.4 Å². The molecular weight excluding hydrogens is 396 g/mol. The van der Waals surface area contributed by atoms with Crippen molar-refractivity contribution in [2.45, 2.75) is 19.3 Å². The van der Waals surface area contributed by atoms with Gasteiger partial charge >= 0.3 is 0 Å². The van der Waals surface area contributed by atoms with Gasteiger partial charge in [-0.1, -0.05) is 11.6 Å². The van der Waals surface area contributed by atoms with Crippen LogP contribution in [0.1, 0.15) is 40.0 Å². The lowest BCUT2D eigenvalue weighted by atomic mass is 10.1. The zero-order chi connectivity index (χ0) is 21.0. The molecule has 7 nitrogen and oxygen atoms in total. The number of ether oxygens (including phenoxy) is 1. The summed E-state index contributed by atoms with van der Waals surface area (Å²) in [4.78, 5) is 50.7. The Balaban J connectivity index is 1.92. The number of hydrogen-bond acceptors (Lipinski definition) is 5. The first kappa shape index (κ1) is 20.5. The molecule has 0 spiro atoms. The lowest BCUT2D eigenvalue weighted by molar-refractivity contribution is -0.162. The fourth-order valence-corrected chi connectivity index (χ4v) is 3.12. The predicted molar refractivity (Wildman–Crippen MR) is 106 cm³/mol. The number of benzene rings is 2. The summed E-state index contributed by atoms with van der Waals surface area (Å²) in [6, 6.07) is 12.4. The first-order valence-corrected chi connectivity index (χ1v) is 9.39. The van der Waals surface area contributed by atoms with Crippen molar-refractivity contribution in [1.82, 2.24) is 10.0 Å². The molecule has 3 amide bonds. The van der Waals surface area contributed by atoms with Gasteiger partial charge in [-0.05, 0) is 55.0 Å². The predicted octanol–water partition coefficient (Wildman–Crippen LogP) is 3.13. The van der Waals surface area contributed by atoms with Crippen molar-refractivity contribution in [3.63, 3.8) is 0 Å². The van der Waals surface area contributed by atoms with Crippen LogP contribution in [-0.2, 0) is 9.59 Å². The van der Waals surface area contributed by atoms with Gasteiger partial charge in [-0.15, -0.1) is 0 Å². The normalized spacial score (nSPS) is 13.9. The smallest absolute Gasteiger partial charge is 0.273 e. The molecule has 150 valence electrons. The molecule has 1 fully saturated rings. The summed E-state index contributed by atoms with van der Waals surface area (Å²) in [6.07, 6.45) is 0.684. The summed E-state index contributed by atoms with van der Waals surface area (Å²) in [7, 11) is 1.51. The number of amides is 3. The van der Waals surface area contributed by atoms with Crippen molar-refractivity contribution in [1.29, 1.82) is 0 Å². The Labute approximate surface area is 172 Å². The Hall–Kier alpha value is -3.19. The second-order valence-electron chi connectivity index (χ2n) is 6.47. The van der Waals surface area contributed by atoms with Gasteiger partial charge in [-0.3, -0.25) is 19.2 Å². The number of carbonyl (C=O) groups excluding carboxylic acids is 4. The molecule has 1 heterocycles. The summed E-state index contributed by atoms with van der Waals surface area (Å²) < 4.78 is 5.07. The first-order chi connectivity index (χ1) is 13.9. The summed E-state index contributed by atoms with van der Waals surface area (Å²) in [5, 5.41) is 2.15. The molecule has 0 unspecified atom stereocenters. The molecule has 3 rings (SSSR count). The van der Waals surface area contributed by atoms with E-state index in [1.54, 1.807) is 24.3 Å². The van der Waals surface area contributed by atoms with Gasteiger partial charge < -0.3 is 4.74 Å². The number of hydrazine groups is 1. The molecule has 2 aromatic carbocycles. The van der Waals surface area contributed by atoms with Crippen molar-refractivity contribution in [2.75, 3.05) is 13.7 Å². The summed E-state index contributed by atoms with van der Waals surface area (Å²) in [5.74, 6) is -1.48. The molecule has 0 bridgehead atoms. The van der Waals surface area contributed by atoms with E-state index in [-0.39, 0.29) is 18.4 Å². The molecule has 0 aromatic heterocycles. The van der Waals surface area contributed by atoms with E-state index in [2.05, 4.69) is 0 Å². The van der Waals surface area contributed by atoms with Crippen LogP contribution < -0.4 is 4.74 Å². The number of nitrogens with zero attached hydrogens (tertiary/aromatic N) is 2. The van der Waals surface area contributed by atoms with Gasteiger partial charge in [0, 0.05) is 29.0 Å². The quantitative estimate of drug-likeness (QED) is 0.535. The van der Waals surface area contributed by atoms with E-state index in [0.717, 1.165) is 10.0 Å². The highest BCUT2D eigenvalue weighted by Crippen LogP contribution is 2.20. The van der Waals surface area contributed by atoms with E-state index in [9.17, 15) is 19.2 Å². The molecule has 0 saturated carbocycles. The monoisotopic (exact) mass is 414 g/mol. The van der Waals surface area contributed by atoms with Crippen molar-refractivity contribution in [3.8, 4) is 5.75 Å². The van der Waals surface area contributed by atoms with Crippen LogP contribution in [0.2, 0.25) is 5.02 Å². The maximum absolute atomic E-state index is 13.1. The highest BCUT2D eigenvalue weighted by molar-refractivity contribution is 6.30. The minimum Gasteiger partial charge on any atom is -0.497 e. The highest BCUT2D eigenvalue weighted by Gasteiger charge is 2.36. The molecule has 0 aliphatic carbocycles. The molecule has 1 aliphatic heterocycles. The molecule has 0 N–H and O–H groups in total. The van der Waals surface area contributed by atoms with Crippen molar-refractivity contribution in [3.05, 3.63) is 64.7 Å². The lowest BCUT2D eigenvalue weighted by Crippen LogP contribution is -2.56. The van der Waals surface area contributed by atoms with Crippen LogP contribution in [0.4, 0.5) is 0 Å². The van der Waals surface area contributed by atoms with Gasteiger partial charge in [0.1, 0.15) is 12.3 Å². The maximum atomic E-state index is 13.1. The fourth-order valence-electron chi connectivity index (χ4n) is 2.99. The minimum atomic E-state index is -0.632. The average Bonchev–Trinajstić information content (AvgIpc) is 2.73. The third-order valence-corrected chi connectivity index (χ3v) is 4.78. The Morgan fingerprint density at radius 1 is 0.966 bits per heavy atom. The molecule has 0 atom stereocenters. The van der Waals surface area contributed by atoms with Crippen LogP contribution in [0.5, 0.6) is 5.75 Å². The number of Topliss-reactive ketones (excluding diaryl/α,β-unsaturated/α-hetero) is 1. The van der Waals surface area contributed by atoms with Crippen molar-refractivity contribution >= 4 is 35.1 Å². The van der Waals surface area contributed by atoms with Gasteiger partial charge in [-0.2, -0.15) is 5.01 Å². The molecule has 29 heavy (non-hydrogen) atoms. The summed E-state index contributed by atoms with van der Waals surface area (Å²) >= 11 is 5.87. The zero-order valence-electron chi connectivity index (χ0n) is 15.8. The largest absolute Gasteiger partial charge is 0.497 e. The minimum absolute atomic E-state index is 0.132. The van der Waals surface area contributed by atoms with Crippen molar-refractivity contribution < 1.29 is 23.9 Å². The van der Waals surface area contributed by atoms with Gasteiger partial charge in [0.2, 0.25) is 11.8 Å². The molecule has 0 radical (unpaired) electrons. The van der Waals surface area contributed by atoms with Gasteiger partial charge in [0.05, 0.1) is 7.11 Å². The third-order valence-electron chi connectivity index (χ3n) is 4.53. The van der Waals surface area contributed by atoms with E-state index >= 15 is 0 Å². The molecule has 2 aromatic rings. The zero-order valence-corrected chi connectivity index (χ0v) is 16.5. The van der Waals surface area contributed by atoms with Crippen LogP contribution in [0.3, 0.4) is 0 Å². The first-order valence-electron chi connectivity index (χ1n) is 9.01. The Morgan fingerprint density at radius 2 is 1.52 bits per heavy atom. The van der Waals surface area contributed by atoms with Crippen LogP contribution in [0.15, 0.2) is 48.5 Å². The topological polar surface area (TPSA) is 84.0 Å². The highest BCUT2D eigenvalue weighted by atomic mass is 35.5. The number of ketones is 1. The van der Waals surface area contributed by atoms with Gasteiger partial charge in [0.15, 0.2) is 5.78 Å². The third kappa shape index (κ3) is 4.63. The molecule has 8 heteroatoms. The van der Waals surface area contributed by atoms with Gasteiger partial charge in [0.25, 0.3) is 5.91 Å². The number of methoxy groups -OCH3 is 1. The summed E-state index contributed by atoms with van der Waals surface area (Å²) in [5.41, 5.74) is 0.541. The standard InChI is InChI=1S/C21H19ClN2O5/c1-29-17-11-7-14(8-12-17)18(25)13-23(24-19(26)3-2-4-20(24)27)21(28)15-5-9-16(22)10-6-15/h5-12H,2-4,13H2,1H3. The van der Waals surface area contributed by atoms with Crippen molar-refractivity contribution in [2.24, 2.45) is 0 Å². The fraction of sp³-hybridized carbons (Fsp3) is 0.238. The van der Waals surface area contributed by atoms with Crippen LogP contribution in [-0.4, -0.2) is 47.2 Å². The van der Waals surface area contributed by atoms with Crippen LogP contribution >= 0.6 is 11.6 Å². The second-order valence-corrected chi connectivity index (χ2v) is 6.91. The number of imide groups is 1. The number of hydrogen-bond donors (Lipinski definition) is 0. The Kier molecular flexibility index (Phi) is 6.29. The van der Waals surface area contributed by atoms with E-state index in [4.69, 9.17) is 16.3 Å². The average molecular weight is 415 g/mol. The summed E-state index contributed by atoms with van der Waals surface area (Å²) in [6.45, 7) is -0.453. The van der Waals surface area contributed by atoms with E-state index in [0.29, 0.717) is 22.8 Å². The lowest BCUT2D eigenvalue weighted by Gasteiger charge is -2.35. The Bertz CT molecular complexity index is 925. The molecular formula is C21H19ClN2O5. The number of piperidine rings is 1. The van der Waals surface area contributed by atoms with E-state index < -0.39 is 30.0 Å². The van der Waals surface area contributed by atoms with E-state index in [1.807, 2.05) is 0 Å². The Morgan fingerprint density at radius 3 is 2.07 bits per heavy atom. The second kappa shape index (κ2) is 8.87. The van der Waals surface area contributed by atoms with Crippen LogP contribution in [0, 0.1) is 0 Å². The maximum Gasteiger partial charge on any atom is 0.273 e. The number of halogens is 1.